The first kappa shape index (κ1) is 14.7. The SMILES string of the molecule is COCCS(=O)(=O)N1CCC(Nc2nccs2)CC1. The third-order valence-electron chi connectivity index (χ3n) is 3.15. The molecule has 1 aliphatic rings. The minimum atomic E-state index is -3.16. The maximum absolute atomic E-state index is 12.0. The molecule has 0 saturated carbocycles. The van der Waals surface area contributed by atoms with Crippen LogP contribution in [0.3, 0.4) is 0 Å². The monoisotopic (exact) mass is 305 g/mol. The Kier molecular flexibility index (Phi) is 5.14. The zero-order valence-corrected chi connectivity index (χ0v) is 12.5. The third kappa shape index (κ3) is 4.13. The number of sulfonamides is 1. The molecule has 0 aliphatic carbocycles. The second kappa shape index (κ2) is 6.65. The highest BCUT2D eigenvalue weighted by atomic mass is 32.2. The van der Waals surface area contributed by atoms with E-state index in [1.54, 1.807) is 21.8 Å². The summed E-state index contributed by atoms with van der Waals surface area (Å²) in [6.45, 7) is 1.38. The Labute approximate surface area is 117 Å². The molecule has 2 rings (SSSR count). The van der Waals surface area contributed by atoms with Crippen molar-refractivity contribution in [2.45, 2.75) is 18.9 Å². The lowest BCUT2D eigenvalue weighted by Gasteiger charge is -2.31. The lowest BCUT2D eigenvalue weighted by atomic mass is 10.1. The number of hydrogen-bond donors (Lipinski definition) is 1. The molecule has 1 aromatic heterocycles. The average molecular weight is 305 g/mol. The van der Waals surface area contributed by atoms with Gasteiger partial charge in [0.1, 0.15) is 0 Å². The number of ether oxygens (including phenoxy) is 1. The van der Waals surface area contributed by atoms with Crippen LogP contribution in [-0.2, 0) is 14.8 Å². The van der Waals surface area contributed by atoms with Crippen LogP contribution in [0.4, 0.5) is 5.13 Å². The Morgan fingerprint density at radius 3 is 2.84 bits per heavy atom. The van der Waals surface area contributed by atoms with Crippen LogP contribution in [0, 0.1) is 0 Å². The molecular formula is C11H19N3O3S2. The molecule has 0 radical (unpaired) electrons. The summed E-state index contributed by atoms with van der Waals surface area (Å²) in [5, 5.41) is 6.16. The quantitative estimate of drug-likeness (QED) is 0.849. The number of hydrogen-bond acceptors (Lipinski definition) is 6. The molecule has 8 heteroatoms. The summed E-state index contributed by atoms with van der Waals surface area (Å²) >= 11 is 1.56. The Morgan fingerprint density at radius 1 is 1.53 bits per heavy atom. The van der Waals surface area contributed by atoms with E-state index in [-0.39, 0.29) is 12.4 Å². The molecule has 0 spiro atoms. The first-order chi connectivity index (χ1) is 9.12. The van der Waals surface area contributed by atoms with Crippen molar-refractivity contribution in [2.75, 3.05) is 37.9 Å². The predicted octanol–water partition coefficient (Wildman–Crippen LogP) is 0.996. The van der Waals surface area contributed by atoms with Crippen LogP contribution in [0.1, 0.15) is 12.8 Å². The molecule has 1 fully saturated rings. The van der Waals surface area contributed by atoms with Gasteiger partial charge in [-0.3, -0.25) is 0 Å². The van der Waals surface area contributed by atoms with Crippen LogP contribution in [0.15, 0.2) is 11.6 Å². The van der Waals surface area contributed by atoms with Crippen molar-refractivity contribution in [3.63, 3.8) is 0 Å². The fourth-order valence-electron chi connectivity index (χ4n) is 2.07. The molecule has 1 saturated heterocycles. The topological polar surface area (TPSA) is 71.5 Å². The number of aromatic nitrogens is 1. The highest BCUT2D eigenvalue weighted by Gasteiger charge is 2.27. The summed E-state index contributed by atoms with van der Waals surface area (Å²) in [6, 6.07) is 0.306. The van der Waals surface area contributed by atoms with Crippen molar-refractivity contribution in [3.8, 4) is 0 Å². The van der Waals surface area contributed by atoms with E-state index in [1.807, 2.05) is 5.38 Å². The van der Waals surface area contributed by atoms with E-state index in [4.69, 9.17) is 4.74 Å². The standard InChI is InChI=1S/C11H19N3O3S2/c1-17-7-9-19(15,16)14-5-2-10(3-6-14)13-11-12-4-8-18-11/h4,8,10H,2-3,5-7,9H2,1H3,(H,12,13). The second-order valence-corrected chi connectivity index (χ2v) is 7.45. The molecular weight excluding hydrogens is 286 g/mol. The van der Waals surface area contributed by atoms with Gasteiger partial charge in [-0.2, -0.15) is 0 Å². The number of methoxy groups -OCH3 is 1. The van der Waals surface area contributed by atoms with Gasteiger partial charge in [0.15, 0.2) is 5.13 Å². The summed E-state index contributed by atoms with van der Waals surface area (Å²) < 4.78 is 30.4. The van der Waals surface area contributed by atoms with Crippen LogP contribution < -0.4 is 5.32 Å². The molecule has 1 aliphatic heterocycles. The van der Waals surface area contributed by atoms with Gasteiger partial charge in [-0.25, -0.2) is 17.7 Å². The Balaban J connectivity index is 1.82. The molecule has 0 amide bonds. The normalized spacial score (nSPS) is 18.6. The number of rotatable bonds is 6. The van der Waals surface area contributed by atoms with Crippen LogP contribution in [0.5, 0.6) is 0 Å². The van der Waals surface area contributed by atoms with Crippen molar-refractivity contribution >= 4 is 26.5 Å². The summed E-state index contributed by atoms with van der Waals surface area (Å²) in [6.07, 6.45) is 3.38. The summed E-state index contributed by atoms with van der Waals surface area (Å²) in [4.78, 5) is 4.18. The second-order valence-electron chi connectivity index (χ2n) is 4.46. The van der Waals surface area contributed by atoms with E-state index < -0.39 is 10.0 Å². The zero-order valence-electron chi connectivity index (χ0n) is 10.9. The molecule has 6 nitrogen and oxygen atoms in total. The van der Waals surface area contributed by atoms with Gasteiger partial charge in [0.05, 0.1) is 12.4 Å². The Morgan fingerprint density at radius 2 is 2.26 bits per heavy atom. The van der Waals surface area contributed by atoms with Crippen molar-refractivity contribution in [2.24, 2.45) is 0 Å². The summed E-state index contributed by atoms with van der Waals surface area (Å²) in [5.74, 6) is 0.0636. The van der Waals surface area contributed by atoms with Gasteiger partial charge in [0.25, 0.3) is 0 Å². The highest BCUT2D eigenvalue weighted by Crippen LogP contribution is 2.19. The Bertz CT molecular complexity index is 467. The maximum Gasteiger partial charge on any atom is 0.216 e. The van der Waals surface area contributed by atoms with E-state index in [0.29, 0.717) is 19.1 Å². The first-order valence-electron chi connectivity index (χ1n) is 6.24. The molecule has 1 N–H and O–H groups in total. The smallest absolute Gasteiger partial charge is 0.216 e. The van der Waals surface area contributed by atoms with E-state index >= 15 is 0 Å². The largest absolute Gasteiger partial charge is 0.384 e. The lowest BCUT2D eigenvalue weighted by Crippen LogP contribution is -2.43. The maximum atomic E-state index is 12.0. The van der Waals surface area contributed by atoms with E-state index in [9.17, 15) is 8.42 Å². The number of thiazole rings is 1. The van der Waals surface area contributed by atoms with Gasteiger partial charge >= 0.3 is 0 Å². The minimum Gasteiger partial charge on any atom is -0.384 e. The molecule has 19 heavy (non-hydrogen) atoms. The van der Waals surface area contributed by atoms with Gasteiger partial charge in [-0.15, -0.1) is 11.3 Å². The zero-order chi connectivity index (χ0) is 13.7. The van der Waals surface area contributed by atoms with Crippen molar-refractivity contribution in [1.82, 2.24) is 9.29 Å². The molecule has 1 aromatic rings. The van der Waals surface area contributed by atoms with Crippen molar-refractivity contribution in [1.29, 1.82) is 0 Å². The fraction of sp³-hybridized carbons (Fsp3) is 0.727. The molecule has 0 atom stereocenters. The van der Waals surface area contributed by atoms with E-state index in [0.717, 1.165) is 18.0 Å². The van der Waals surface area contributed by atoms with E-state index in [1.165, 1.54) is 7.11 Å². The first-order valence-corrected chi connectivity index (χ1v) is 8.73. The van der Waals surface area contributed by atoms with Crippen LogP contribution in [0.25, 0.3) is 0 Å². The van der Waals surface area contributed by atoms with Crippen LogP contribution in [0.2, 0.25) is 0 Å². The fourth-order valence-corrected chi connectivity index (χ4v) is 4.08. The molecule has 0 bridgehead atoms. The number of nitrogens with zero attached hydrogens (tertiary/aromatic N) is 2. The van der Waals surface area contributed by atoms with Gasteiger partial charge < -0.3 is 10.1 Å². The van der Waals surface area contributed by atoms with Gasteiger partial charge in [-0.05, 0) is 12.8 Å². The number of piperidine rings is 1. The van der Waals surface area contributed by atoms with E-state index in [2.05, 4.69) is 10.3 Å². The summed E-state index contributed by atoms with van der Waals surface area (Å²) in [7, 11) is -1.65. The lowest BCUT2D eigenvalue weighted by molar-refractivity contribution is 0.214. The number of nitrogens with one attached hydrogen (secondary N) is 1. The Hall–Kier alpha value is -0.700. The van der Waals surface area contributed by atoms with Crippen LogP contribution >= 0.6 is 11.3 Å². The van der Waals surface area contributed by atoms with Crippen LogP contribution in [-0.4, -0.2) is 56.3 Å². The van der Waals surface area contributed by atoms with Gasteiger partial charge in [0, 0.05) is 37.8 Å². The van der Waals surface area contributed by atoms with Gasteiger partial charge in [-0.1, -0.05) is 0 Å². The number of anilines is 1. The van der Waals surface area contributed by atoms with Crippen molar-refractivity contribution < 1.29 is 13.2 Å². The molecule has 108 valence electrons. The predicted molar refractivity (Wildman–Crippen MR) is 76.0 cm³/mol. The highest BCUT2D eigenvalue weighted by molar-refractivity contribution is 7.89. The summed E-state index contributed by atoms with van der Waals surface area (Å²) in [5.41, 5.74) is 0. The minimum absolute atomic E-state index is 0.0636. The third-order valence-corrected chi connectivity index (χ3v) is 5.69. The molecule has 0 aromatic carbocycles. The molecule has 0 unspecified atom stereocenters. The molecule has 2 heterocycles. The average Bonchev–Trinajstić information content (AvgIpc) is 2.90. The van der Waals surface area contributed by atoms with Gasteiger partial charge in [0.2, 0.25) is 10.0 Å². The van der Waals surface area contributed by atoms with Crippen molar-refractivity contribution in [3.05, 3.63) is 11.6 Å².